The van der Waals surface area contributed by atoms with Crippen LogP contribution in [-0.4, -0.2) is 21.2 Å². The van der Waals surface area contributed by atoms with E-state index in [2.05, 4.69) is 10.3 Å². The molecule has 0 radical (unpaired) electrons. The van der Waals surface area contributed by atoms with Crippen LogP contribution in [-0.2, 0) is 4.79 Å². The number of nitrogens with one attached hydrogen (secondary N) is 1. The molecule has 2 aromatic carbocycles. The first-order chi connectivity index (χ1) is 13.0. The lowest BCUT2D eigenvalue weighted by atomic mass is 10.2. The zero-order valence-corrected chi connectivity index (χ0v) is 16.5. The molecule has 27 heavy (non-hydrogen) atoms. The van der Waals surface area contributed by atoms with Crippen LogP contribution in [0.4, 0.5) is 5.69 Å². The lowest BCUT2D eigenvalue weighted by Gasteiger charge is -2.18. The number of hydrogen-bond acceptors (Lipinski definition) is 4. The maximum absolute atomic E-state index is 12.9. The van der Waals surface area contributed by atoms with Gasteiger partial charge in [0.25, 0.3) is 5.56 Å². The van der Waals surface area contributed by atoms with Gasteiger partial charge in [-0.2, -0.15) is 0 Å². The molecule has 0 saturated heterocycles. The van der Waals surface area contributed by atoms with E-state index in [1.807, 2.05) is 63.2 Å². The Morgan fingerprint density at radius 2 is 1.89 bits per heavy atom. The smallest absolute Gasteiger partial charge is 0.262 e. The summed E-state index contributed by atoms with van der Waals surface area (Å²) in [4.78, 5) is 30.0. The van der Waals surface area contributed by atoms with Crippen LogP contribution in [0.5, 0.6) is 0 Å². The van der Waals surface area contributed by atoms with E-state index in [-0.39, 0.29) is 23.3 Å². The number of benzene rings is 2. The summed E-state index contributed by atoms with van der Waals surface area (Å²) < 4.78 is 1.70. The summed E-state index contributed by atoms with van der Waals surface area (Å²) in [6, 6.07) is 15.0. The molecule has 0 aliphatic heterocycles. The Labute approximate surface area is 162 Å². The van der Waals surface area contributed by atoms with E-state index in [1.54, 1.807) is 10.6 Å². The van der Waals surface area contributed by atoms with E-state index < -0.39 is 0 Å². The van der Waals surface area contributed by atoms with Crippen LogP contribution >= 0.6 is 11.8 Å². The van der Waals surface area contributed by atoms with E-state index in [0.29, 0.717) is 16.1 Å². The second-order valence-electron chi connectivity index (χ2n) is 6.50. The molecule has 0 spiro atoms. The van der Waals surface area contributed by atoms with E-state index >= 15 is 0 Å². The normalized spacial score (nSPS) is 12.1. The zero-order chi connectivity index (χ0) is 19.4. The number of amides is 1. The number of hydrogen-bond donors (Lipinski definition) is 1. The molecule has 1 atom stereocenters. The lowest BCUT2D eigenvalue weighted by Crippen LogP contribution is -2.26. The minimum absolute atomic E-state index is 0.0107. The van der Waals surface area contributed by atoms with Crippen molar-refractivity contribution in [1.29, 1.82) is 0 Å². The molecule has 3 aromatic rings. The molecule has 1 aromatic heterocycles. The van der Waals surface area contributed by atoms with Crippen LogP contribution in [0.2, 0.25) is 0 Å². The Hall–Kier alpha value is -2.60. The number of thioether (sulfide) groups is 1. The Morgan fingerprint density at radius 3 is 2.63 bits per heavy atom. The second kappa shape index (κ2) is 8.39. The fourth-order valence-electron chi connectivity index (χ4n) is 2.83. The average molecular weight is 382 g/mol. The van der Waals surface area contributed by atoms with Crippen molar-refractivity contribution in [3.63, 3.8) is 0 Å². The van der Waals surface area contributed by atoms with Gasteiger partial charge in [0.15, 0.2) is 5.16 Å². The summed E-state index contributed by atoms with van der Waals surface area (Å²) in [5.41, 5.74) is 2.41. The van der Waals surface area contributed by atoms with Gasteiger partial charge in [-0.25, -0.2) is 4.98 Å². The van der Waals surface area contributed by atoms with Gasteiger partial charge in [-0.1, -0.05) is 49.0 Å². The minimum atomic E-state index is -0.118. The summed E-state index contributed by atoms with van der Waals surface area (Å²) in [7, 11) is 0. The third-order valence-corrected chi connectivity index (χ3v) is 5.51. The number of aryl methyl sites for hydroxylation is 1. The van der Waals surface area contributed by atoms with Gasteiger partial charge < -0.3 is 5.32 Å². The van der Waals surface area contributed by atoms with Crippen molar-refractivity contribution < 1.29 is 4.79 Å². The summed E-state index contributed by atoms with van der Waals surface area (Å²) in [6.45, 7) is 5.98. The van der Waals surface area contributed by atoms with E-state index in [4.69, 9.17) is 0 Å². The molecule has 140 valence electrons. The van der Waals surface area contributed by atoms with E-state index in [0.717, 1.165) is 17.7 Å². The van der Waals surface area contributed by atoms with Crippen LogP contribution in [0.15, 0.2) is 58.5 Å². The maximum atomic E-state index is 12.9. The molecule has 1 N–H and O–H groups in total. The Balaban J connectivity index is 1.86. The first-order valence-electron chi connectivity index (χ1n) is 9.00. The van der Waals surface area contributed by atoms with Gasteiger partial charge >= 0.3 is 0 Å². The predicted molar refractivity (Wildman–Crippen MR) is 112 cm³/mol. The van der Waals surface area contributed by atoms with Gasteiger partial charge in [-0.3, -0.25) is 14.2 Å². The summed E-state index contributed by atoms with van der Waals surface area (Å²) in [5.74, 6) is 0.0719. The number of anilines is 1. The highest BCUT2D eigenvalue weighted by Crippen LogP contribution is 2.23. The second-order valence-corrected chi connectivity index (χ2v) is 7.44. The topological polar surface area (TPSA) is 64.0 Å². The van der Waals surface area contributed by atoms with E-state index in [1.165, 1.54) is 11.8 Å². The van der Waals surface area contributed by atoms with Crippen molar-refractivity contribution in [3.05, 3.63) is 64.4 Å². The summed E-state index contributed by atoms with van der Waals surface area (Å²) in [6.07, 6.45) is 0.808. The van der Waals surface area contributed by atoms with Gasteiger partial charge in [0, 0.05) is 11.7 Å². The van der Waals surface area contributed by atoms with Gasteiger partial charge in [-0.15, -0.1) is 0 Å². The molecule has 0 aliphatic rings. The first-order valence-corrected chi connectivity index (χ1v) is 9.99. The van der Waals surface area contributed by atoms with Gasteiger partial charge in [0.1, 0.15) is 0 Å². The molecule has 0 unspecified atom stereocenters. The van der Waals surface area contributed by atoms with Crippen molar-refractivity contribution in [2.75, 3.05) is 11.1 Å². The maximum Gasteiger partial charge on any atom is 0.262 e. The average Bonchev–Trinajstić information content (AvgIpc) is 2.68. The molecule has 5 nitrogen and oxygen atoms in total. The molecule has 1 heterocycles. The van der Waals surface area contributed by atoms with Crippen LogP contribution in [0.25, 0.3) is 10.9 Å². The van der Waals surface area contributed by atoms with Crippen molar-refractivity contribution in [1.82, 2.24) is 9.55 Å². The molecule has 6 heteroatoms. The Kier molecular flexibility index (Phi) is 5.96. The van der Waals surface area contributed by atoms with Crippen molar-refractivity contribution >= 4 is 34.3 Å². The van der Waals surface area contributed by atoms with Crippen molar-refractivity contribution in [2.45, 2.75) is 38.4 Å². The minimum Gasteiger partial charge on any atom is -0.325 e. The zero-order valence-electron chi connectivity index (χ0n) is 15.7. The number of rotatable bonds is 6. The first kappa shape index (κ1) is 19.2. The molecule has 0 bridgehead atoms. The number of carbonyl (C=O) groups excluding carboxylic acids is 1. The Morgan fingerprint density at radius 1 is 1.19 bits per heavy atom. The fraction of sp³-hybridized carbons (Fsp3) is 0.286. The predicted octanol–water partition coefficient (Wildman–Crippen LogP) is 4.41. The number of para-hydroxylation sites is 2. The number of fused-ring (bicyclic) bond motifs is 1. The monoisotopic (exact) mass is 381 g/mol. The highest BCUT2D eigenvalue weighted by atomic mass is 32.2. The highest BCUT2D eigenvalue weighted by molar-refractivity contribution is 7.99. The van der Waals surface area contributed by atoms with Crippen molar-refractivity contribution in [2.24, 2.45) is 0 Å². The Bertz CT molecular complexity index is 1030. The van der Waals surface area contributed by atoms with Crippen LogP contribution in [0, 0.1) is 6.92 Å². The standard InChI is InChI=1S/C21H23N3O2S/c1-4-15(3)24-20(26)16-10-6-8-12-18(16)23-21(24)27-13-19(25)22-17-11-7-5-9-14(17)2/h5-12,15H,4,13H2,1-3H3,(H,22,25)/t15-/m0/s1. The number of aromatic nitrogens is 2. The molecule has 0 saturated carbocycles. The summed E-state index contributed by atoms with van der Waals surface area (Å²) in [5, 5.41) is 4.10. The van der Waals surface area contributed by atoms with Crippen LogP contribution < -0.4 is 10.9 Å². The molecule has 0 fully saturated rings. The molecule has 0 aliphatic carbocycles. The molecular formula is C21H23N3O2S. The molecule has 3 rings (SSSR count). The third-order valence-electron chi connectivity index (χ3n) is 4.56. The largest absolute Gasteiger partial charge is 0.325 e. The fourth-order valence-corrected chi connectivity index (χ4v) is 3.73. The molecular weight excluding hydrogens is 358 g/mol. The van der Waals surface area contributed by atoms with Gasteiger partial charge in [0.2, 0.25) is 5.91 Å². The van der Waals surface area contributed by atoms with Gasteiger partial charge in [-0.05, 0) is 44.0 Å². The quantitative estimate of drug-likeness (QED) is 0.507. The number of nitrogens with zero attached hydrogens (tertiary/aromatic N) is 2. The van der Waals surface area contributed by atoms with Crippen LogP contribution in [0.3, 0.4) is 0 Å². The van der Waals surface area contributed by atoms with Gasteiger partial charge in [0.05, 0.1) is 16.7 Å². The van der Waals surface area contributed by atoms with E-state index in [9.17, 15) is 9.59 Å². The van der Waals surface area contributed by atoms with Crippen molar-refractivity contribution in [3.8, 4) is 0 Å². The highest BCUT2D eigenvalue weighted by Gasteiger charge is 2.16. The third kappa shape index (κ3) is 4.22. The summed E-state index contributed by atoms with van der Waals surface area (Å²) >= 11 is 1.29. The number of carbonyl (C=O) groups is 1. The SMILES string of the molecule is CC[C@H](C)n1c(SCC(=O)Nc2ccccc2C)nc2ccccc2c1=O. The van der Waals surface area contributed by atoms with Crippen LogP contribution in [0.1, 0.15) is 31.9 Å². The lowest BCUT2D eigenvalue weighted by molar-refractivity contribution is -0.113. The molecule has 1 amide bonds.